The standard InChI is InChI=1S/C16H18F4O3S/c17-14-5-4-10(6-13(14)16(18,19)20)7-15(21)8-11-2-1-3-12(9-15)24(11,22)23/h4-6,11-12,21H,1-3,7-9H2. The lowest BCUT2D eigenvalue weighted by atomic mass is 9.81. The first kappa shape index (κ1) is 17.7. The average Bonchev–Trinajstić information content (AvgIpc) is 2.42. The Balaban J connectivity index is 1.86. The van der Waals surface area contributed by atoms with Crippen LogP contribution in [0.1, 0.15) is 43.2 Å². The predicted octanol–water partition coefficient (Wildman–Crippen LogP) is 3.25. The first-order chi connectivity index (χ1) is 11.0. The highest BCUT2D eigenvalue weighted by molar-refractivity contribution is 7.92. The van der Waals surface area contributed by atoms with Crippen LogP contribution in [0.3, 0.4) is 0 Å². The quantitative estimate of drug-likeness (QED) is 0.818. The van der Waals surface area contributed by atoms with Crippen molar-refractivity contribution in [2.45, 2.75) is 60.8 Å². The highest BCUT2D eigenvalue weighted by Gasteiger charge is 2.50. The number of fused-ring (bicyclic) bond motifs is 2. The normalized spacial score (nSPS) is 32.5. The van der Waals surface area contributed by atoms with Gasteiger partial charge in [0.05, 0.1) is 21.7 Å². The maximum Gasteiger partial charge on any atom is 0.419 e. The Morgan fingerprint density at radius 1 is 1.17 bits per heavy atom. The van der Waals surface area contributed by atoms with Crippen LogP contribution in [-0.4, -0.2) is 29.6 Å². The van der Waals surface area contributed by atoms with E-state index >= 15 is 0 Å². The summed E-state index contributed by atoms with van der Waals surface area (Å²) in [5, 5.41) is 9.50. The Morgan fingerprint density at radius 2 is 1.75 bits per heavy atom. The van der Waals surface area contributed by atoms with E-state index in [-0.39, 0.29) is 24.8 Å². The molecule has 2 aliphatic heterocycles. The zero-order valence-electron chi connectivity index (χ0n) is 12.8. The molecule has 0 amide bonds. The summed E-state index contributed by atoms with van der Waals surface area (Å²) in [6.07, 6.45) is -3.17. The first-order valence-corrected chi connectivity index (χ1v) is 9.43. The highest BCUT2D eigenvalue weighted by Crippen LogP contribution is 2.43. The van der Waals surface area contributed by atoms with Gasteiger partial charge in [0.25, 0.3) is 0 Å². The fraction of sp³-hybridized carbons (Fsp3) is 0.625. The summed E-state index contributed by atoms with van der Waals surface area (Å²) in [6.45, 7) is 0. The molecular formula is C16H18F4O3S. The summed E-state index contributed by atoms with van der Waals surface area (Å²) in [5.41, 5.74) is -2.59. The van der Waals surface area contributed by atoms with Crippen molar-refractivity contribution < 1.29 is 31.1 Å². The molecule has 2 aliphatic rings. The number of hydrogen-bond acceptors (Lipinski definition) is 3. The monoisotopic (exact) mass is 366 g/mol. The molecular weight excluding hydrogens is 348 g/mol. The summed E-state index contributed by atoms with van der Waals surface area (Å²) in [6, 6.07) is 2.65. The molecule has 8 heteroatoms. The van der Waals surface area contributed by atoms with Crippen LogP contribution in [0.5, 0.6) is 0 Å². The van der Waals surface area contributed by atoms with Crippen molar-refractivity contribution in [1.29, 1.82) is 0 Å². The molecule has 2 atom stereocenters. The molecule has 1 N–H and O–H groups in total. The number of hydrogen-bond donors (Lipinski definition) is 1. The Hall–Kier alpha value is -1.15. The van der Waals surface area contributed by atoms with Crippen molar-refractivity contribution in [3.05, 3.63) is 35.1 Å². The number of benzene rings is 1. The fourth-order valence-corrected chi connectivity index (χ4v) is 6.58. The van der Waals surface area contributed by atoms with E-state index in [1.54, 1.807) is 0 Å². The van der Waals surface area contributed by atoms with E-state index in [4.69, 9.17) is 0 Å². The maximum atomic E-state index is 13.4. The molecule has 1 aromatic rings. The largest absolute Gasteiger partial charge is 0.419 e. The predicted molar refractivity (Wildman–Crippen MR) is 79.6 cm³/mol. The van der Waals surface area contributed by atoms with Gasteiger partial charge in [-0.15, -0.1) is 0 Å². The Bertz CT molecular complexity index is 722. The van der Waals surface area contributed by atoms with Gasteiger partial charge in [-0.2, -0.15) is 13.2 Å². The zero-order chi connectivity index (χ0) is 17.8. The van der Waals surface area contributed by atoms with Crippen LogP contribution in [0.15, 0.2) is 18.2 Å². The van der Waals surface area contributed by atoms with Gasteiger partial charge in [-0.1, -0.05) is 12.5 Å². The van der Waals surface area contributed by atoms with Crippen molar-refractivity contribution in [2.24, 2.45) is 0 Å². The van der Waals surface area contributed by atoms with Crippen LogP contribution in [0, 0.1) is 5.82 Å². The second kappa shape index (κ2) is 5.69. The average molecular weight is 366 g/mol. The molecule has 134 valence electrons. The van der Waals surface area contributed by atoms with E-state index in [1.165, 1.54) is 6.07 Å². The van der Waals surface area contributed by atoms with E-state index in [2.05, 4.69) is 0 Å². The minimum atomic E-state index is -4.81. The third-order valence-corrected chi connectivity index (χ3v) is 7.73. The van der Waals surface area contributed by atoms with Crippen molar-refractivity contribution in [2.75, 3.05) is 0 Å². The molecule has 2 heterocycles. The molecule has 2 saturated heterocycles. The van der Waals surface area contributed by atoms with Gasteiger partial charge >= 0.3 is 6.18 Å². The van der Waals surface area contributed by atoms with Crippen molar-refractivity contribution in [3.8, 4) is 0 Å². The van der Waals surface area contributed by atoms with E-state index in [0.29, 0.717) is 18.9 Å². The summed E-state index contributed by atoms with van der Waals surface area (Å²) >= 11 is 0. The van der Waals surface area contributed by atoms with Crippen molar-refractivity contribution in [3.63, 3.8) is 0 Å². The Kier molecular flexibility index (Phi) is 4.19. The number of alkyl halides is 3. The zero-order valence-corrected chi connectivity index (χ0v) is 13.6. The van der Waals surface area contributed by atoms with Gasteiger partial charge in [-0.25, -0.2) is 12.8 Å². The maximum absolute atomic E-state index is 13.4. The Labute approximate surface area is 137 Å². The van der Waals surface area contributed by atoms with Crippen LogP contribution in [-0.2, 0) is 22.4 Å². The minimum Gasteiger partial charge on any atom is -0.389 e. The number of sulfone groups is 1. The molecule has 1 aromatic carbocycles. The van der Waals surface area contributed by atoms with Crippen LogP contribution < -0.4 is 0 Å². The van der Waals surface area contributed by atoms with Gasteiger partial charge < -0.3 is 5.11 Å². The molecule has 0 spiro atoms. The van der Waals surface area contributed by atoms with Gasteiger partial charge in [0.15, 0.2) is 9.84 Å². The summed E-state index contributed by atoms with van der Waals surface area (Å²) in [5.74, 6) is -1.36. The lowest BCUT2D eigenvalue weighted by Gasteiger charge is -2.44. The van der Waals surface area contributed by atoms with E-state index in [0.717, 1.165) is 12.5 Å². The molecule has 2 fully saturated rings. The van der Waals surface area contributed by atoms with Crippen LogP contribution >= 0.6 is 0 Å². The molecule has 0 aromatic heterocycles. The third kappa shape index (κ3) is 3.18. The van der Waals surface area contributed by atoms with Gasteiger partial charge in [0.1, 0.15) is 5.82 Å². The number of halogens is 4. The molecule has 0 radical (unpaired) electrons. The lowest BCUT2D eigenvalue weighted by Crippen LogP contribution is -2.52. The van der Waals surface area contributed by atoms with Gasteiger partial charge in [-0.05, 0) is 43.4 Å². The van der Waals surface area contributed by atoms with E-state index < -0.39 is 43.5 Å². The van der Waals surface area contributed by atoms with Crippen molar-refractivity contribution >= 4 is 9.84 Å². The number of aliphatic hydroxyl groups is 1. The summed E-state index contributed by atoms with van der Waals surface area (Å²) in [7, 11) is -3.27. The topological polar surface area (TPSA) is 54.4 Å². The van der Waals surface area contributed by atoms with Crippen molar-refractivity contribution in [1.82, 2.24) is 0 Å². The summed E-state index contributed by atoms with van der Waals surface area (Å²) in [4.78, 5) is 0. The second-order valence-electron chi connectivity index (χ2n) is 6.89. The smallest absolute Gasteiger partial charge is 0.389 e. The third-order valence-electron chi connectivity index (χ3n) is 5.07. The van der Waals surface area contributed by atoms with Gasteiger partial charge in [0.2, 0.25) is 0 Å². The highest BCUT2D eigenvalue weighted by atomic mass is 32.2. The summed E-state index contributed by atoms with van der Waals surface area (Å²) < 4.78 is 76.3. The van der Waals surface area contributed by atoms with Crippen LogP contribution in [0.2, 0.25) is 0 Å². The molecule has 2 bridgehead atoms. The molecule has 3 rings (SSSR count). The molecule has 0 saturated carbocycles. The SMILES string of the molecule is O=S1(=O)C2CCCC1CC(O)(Cc1ccc(F)c(C(F)(F)F)c1)C2. The first-order valence-electron chi connectivity index (χ1n) is 7.82. The fourth-order valence-electron chi connectivity index (χ4n) is 3.97. The molecule has 0 aliphatic carbocycles. The second-order valence-corrected chi connectivity index (χ2v) is 9.40. The van der Waals surface area contributed by atoms with Crippen LogP contribution in [0.4, 0.5) is 17.6 Å². The molecule has 2 unspecified atom stereocenters. The van der Waals surface area contributed by atoms with E-state index in [1.807, 2.05) is 0 Å². The van der Waals surface area contributed by atoms with E-state index in [9.17, 15) is 31.1 Å². The van der Waals surface area contributed by atoms with Crippen LogP contribution in [0.25, 0.3) is 0 Å². The molecule has 3 nitrogen and oxygen atoms in total. The van der Waals surface area contributed by atoms with Gasteiger partial charge in [-0.3, -0.25) is 0 Å². The lowest BCUT2D eigenvalue weighted by molar-refractivity contribution is -0.140. The Morgan fingerprint density at radius 3 is 2.29 bits per heavy atom. The number of rotatable bonds is 2. The molecule has 24 heavy (non-hydrogen) atoms. The van der Waals surface area contributed by atoms with Gasteiger partial charge in [0, 0.05) is 6.42 Å². The minimum absolute atomic E-state index is 0.0184.